The first kappa shape index (κ1) is 18.6. The number of amides is 1. The van der Waals surface area contributed by atoms with Gasteiger partial charge in [0, 0.05) is 6.54 Å². The summed E-state index contributed by atoms with van der Waals surface area (Å²) in [6.45, 7) is 14.3. The molecule has 1 aromatic rings. The highest BCUT2D eigenvalue weighted by atomic mass is 28.4. The zero-order valence-corrected chi connectivity index (χ0v) is 17.3. The molecule has 0 saturated carbocycles. The highest BCUT2D eigenvalue weighted by Gasteiger charge is 2.67. The fraction of sp³-hybridized carbons (Fsp3) is 0.650. The Kier molecular flexibility index (Phi) is 4.63. The summed E-state index contributed by atoms with van der Waals surface area (Å²) in [5, 5.41) is 0.128. The van der Waals surface area contributed by atoms with Gasteiger partial charge in [0.2, 0.25) is 0 Å². The quantitative estimate of drug-likeness (QED) is 0.585. The smallest absolute Gasteiger partial charge is 0.260 e. The van der Waals surface area contributed by atoms with Crippen molar-refractivity contribution >= 4 is 14.2 Å². The number of carbonyl (C=O) groups excluding carboxylic acids is 1. The minimum atomic E-state index is -1.90. The van der Waals surface area contributed by atoms with E-state index in [1.807, 2.05) is 23.1 Å². The van der Waals surface area contributed by atoms with Crippen molar-refractivity contribution in [2.45, 2.75) is 70.0 Å². The van der Waals surface area contributed by atoms with Crippen LogP contribution in [0.4, 0.5) is 0 Å². The molecule has 3 rings (SSSR count). The summed E-state index contributed by atoms with van der Waals surface area (Å²) in [5.41, 5.74) is 0.423. The van der Waals surface area contributed by atoms with E-state index in [9.17, 15) is 4.79 Å². The zero-order valence-electron chi connectivity index (χ0n) is 16.3. The summed E-state index contributed by atoms with van der Waals surface area (Å²) in [6.07, 6.45) is 0.924. The van der Waals surface area contributed by atoms with Crippen LogP contribution in [-0.4, -0.2) is 44.0 Å². The molecule has 2 fully saturated rings. The molecule has 1 aromatic carbocycles. The van der Waals surface area contributed by atoms with Crippen LogP contribution in [-0.2, 0) is 14.0 Å². The van der Waals surface area contributed by atoms with E-state index in [1.54, 1.807) is 0 Å². The topological polar surface area (TPSA) is 42.1 Å². The lowest BCUT2D eigenvalue weighted by atomic mass is 9.95. The number of piperidine rings is 1. The third kappa shape index (κ3) is 3.29. The molecule has 2 aliphatic heterocycles. The Morgan fingerprint density at radius 2 is 1.96 bits per heavy atom. The molecule has 0 N–H and O–H groups in total. The highest BCUT2D eigenvalue weighted by Crippen LogP contribution is 2.47. The molecule has 2 aliphatic rings. The summed E-state index contributed by atoms with van der Waals surface area (Å²) in [4.78, 5) is 15.2. The number of nitrogens with zero attached hydrogens (tertiary/aromatic N) is 1. The maximum Gasteiger partial charge on any atom is 0.260 e. The van der Waals surface area contributed by atoms with Crippen molar-refractivity contribution in [3.8, 4) is 0 Å². The van der Waals surface area contributed by atoms with Crippen molar-refractivity contribution in [1.82, 2.24) is 4.90 Å². The number of epoxide rings is 1. The molecular weight excluding hydrogens is 330 g/mol. The van der Waals surface area contributed by atoms with Gasteiger partial charge in [0.15, 0.2) is 13.9 Å². The fourth-order valence-corrected chi connectivity index (χ4v) is 4.28. The second-order valence-electron chi connectivity index (χ2n) is 8.92. The van der Waals surface area contributed by atoms with E-state index in [0.717, 1.165) is 18.5 Å². The summed E-state index contributed by atoms with van der Waals surface area (Å²) in [5.74, 6) is 0.0961. The Bertz CT molecular complexity index is 640. The zero-order chi connectivity index (χ0) is 18.5. The molecule has 2 saturated heterocycles. The number of hydrogen-bond donors (Lipinski definition) is 0. The number of benzene rings is 1. The first-order valence-electron chi connectivity index (χ1n) is 9.26. The summed E-state index contributed by atoms with van der Waals surface area (Å²) in [6, 6.07) is 10.3. The number of ether oxygens (including phenoxy) is 1. The maximum atomic E-state index is 13.2. The van der Waals surface area contributed by atoms with Crippen LogP contribution in [0.2, 0.25) is 18.1 Å². The highest BCUT2D eigenvalue weighted by molar-refractivity contribution is 6.74. The normalized spacial score (nSPS) is 27.8. The SMILES string of the molecule is C[C@@H](c1ccccc1)N1CC[C@H]2O[C@@]2(CO[Si](C)(C)C(C)(C)C)C1=O. The van der Waals surface area contributed by atoms with E-state index in [2.05, 4.69) is 52.9 Å². The Balaban J connectivity index is 1.73. The molecule has 0 spiro atoms. The second-order valence-corrected chi connectivity index (χ2v) is 13.7. The lowest BCUT2D eigenvalue weighted by Crippen LogP contribution is -2.53. The second kappa shape index (κ2) is 6.22. The number of hydrogen-bond acceptors (Lipinski definition) is 3. The average Bonchev–Trinajstić information content (AvgIpc) is 3.29. The van der Waals surface area contributed by atoms with Crippen LogP contribution < -0.4 is 0 Å². The molecule has 0 bridgehead atoms. The number of likely N-dealkylation sites (tertiary alicyclic amines) is 1. The standard InChI is InChI=1S/C20H31NO3Si/c1-15(16-10-8-7-9-11-16)21-13-12-17-20(24-17,18(21)22)14-23-25(5,6)19(2,3)4/h7-11,15,17H,12-14H2,1-6H3/t15-,17+,20+/m0/s1. The van der Waals surface area contributed by atoms with E-state index in [0.29, 0.717) is 6.61 Å². The lowest BCUT2D eigenvalue weighted by molar-refractivity contribution is -0.141. The van der Waals surface area contributed by atoms with Crippen molar-refractivity contribution in [2.75, 3.05) is 13.2 Å². The van der Waals surface area contributed by atoms with Gasteiger partial charge in [-0.05, 0) is 37.0 Å². The molecule has 0 radical (unpaired) electrons. The Morgan fingerprint density at radius 1 is 1.32 bits per heavy atom. The molecule has 3 atom stereocenters. The number of carbonyl (C=O) groups is 1. The van der Waals surface area contributed by atoms with Crippen LogP contribution in [0.25, 0.3) is 0 Å². The lowest BCUT2D eigenvalue weighted by Gasteiger charge is -2.39. The van der Waals surface area contributed by atoms with Gasteiger partial charge in [-0.2, -0.15) is 0 Å². The maximum absolute atomic E-state index is 13.2. The van der Waals surface area contributed by atoms with Gasteiger partial charge < -0.3 is 14.1 Å². The van der Waals surface area contributed by atoms with E-state index in [4.69, 9.17) is 9.16 Å². The fourth-order valence-electron chi connectivity index (χ4n) is 3.27. The molecule has 0 aliphatic carbocycles. The number of rotatable bonds is 5. The van der Waals surface area contributed by atoms with Crippen LogP contribution in [0.15, 0.2) is 30.3 Å². The molecule has 1 amide bonds. The van der Waals surface area contributed by atoms with Crippen LogP contribution in [0.5, 0.6) is 0 Å². The van der Waals surface area contributed by atoms with E-state index >= 15 is 0 Å². The molecule has 138 valence electrons. The van der Waals surface area contributed by atoms with Crippen LogP contribution in [0.1, 0.15) is 45.7 Å². The Labute approximate surface area is 152 Å². The van der Waals surface area contributed by atoms with Crippen LogP contribution >= 0.6 is 0 Å². The van der Waals surface area contributed by atoms with Gasteiger partial charge in [-0.25, -0.2) is 0 Å². The van der Waals surface area contributed by atoms with Gasteiger partial charge in [0.05, 0.1) is 12.6 Å². The van der Waals surface area contributed by atoms with E-state index in [1.165, 1.54) is 0 Å². The summed E-state index contributed by atoms with van der Waals surface area (Å²) < 4.78 is 12.3. The van der Waals surface area contributed by atoms with Gasteiger partial charge >= 0.3 is 0 Å². The van der Waals surface area contributed by atoms with Gasteiger partial charge in [0.25, 0.3) is 5.91 Å². The van der Waals surface area contributed by atoms with Crippen molar-refractivity contribution in [3.05, 3.63) is 35.9 Å². The minimum Gasteiger partial charge on any atom is -0.413 e. The molecule has 0 aromatic heterocycles. The van der Waals surface area contributed by atoms with Crippen molar-refractivity contribution < 1.29 is 14.0 Å². The van der Waals surface area contributed by atoms with Crippen molar-refractivity contribution in [1.29, 1.82) is 0 Å². The van der Waals surface area contributed by atoms with E-state index in [-0.39, 0.29) is 23.1 Å². The predicted molar refractivity (Wildman–Crippen MR) is 102 cm³/mol. The molecule has 5 heteroatoms. The van der Waals surface area contributed by atoms with Crippen LogP contribution in [0, 0.1) is 0 Å². The molecule has 0 unspecified atom stereocenters. The minimum absolute atomic E-state index is 0.0315. The van der Waals surface area contributed by atoms with Gasteiger partial charge in [-0.3, -0.25) is 4.79 Å². The summed E-state index contributed by atoms with van der Waals surface area (Å²) in [7, 11) is -1.90. The van der Waals surface area contributed by atoms with Gasteiger partial charge in [0.1, 0.15) is 6.10 Å². The summed E-state index contributed by atoms with van der Waals surface area (Å²) >= 11 is 0. The number of fused-ring (bicyclic) bond motifs is 1. The third-order valence-electron chi connectivity index (χ3n) is 6.27. The van der Waals surface area contributed by atoms with Gasteiger partial charge in [-0.1, -0.05) is 51.1 Å². The molecular formula is C20H31NO3Si. The van der Waals surface area contributed by atoms with Crippen molar-refractivity contribution in [2.24, 2.45) is 0 Å². The van der Waals surface area contributed by atoms with Gasteiger partial charge in [-0.15, -0.1) is 0 Å². The molecule has 2 heterocycles. The largest absolute Gasteiger partial charge is 0.413 e. The Hall–Kier alpha value is -1.17. The predicted octanol–water partition coefficient (Wildman–Crippen LogP) is 4.14. The Morgan fingerprint density at radius 3 is 2.56 bits per heavy atom. The monoisotopic (exact) mass is 361 g/mol. The molecule has 4 nitrogen and oxygen atoms in total. The first-order chi connectivity index (χ1) is 11.6. The van der Waals surface area contributed by atoms with Crippen molar-refractivity contribution in [3.63, 3.8) is 0 Å². The van der Waals surface area contributed by atoms with Crippen LogP contribution in [0.3, 0.4) is 0 Å². The third-order valence-corrected chi connectivity index (χ3v) is 10.8. The van der Waals surface area contributed by atoms with E-state index < -0.39 is 13.9 Å². The first-order valence-corrected chi connectivity index (χ1v) is 12.2. The average molecular weight is 362 g/mol. The molecule has 25 heavy (non-hydrogen) atoms.